The number of thiazole rings is 1. The van der Waals surface area contributed by atoms with E-state index >= 15 is 0 Å². The van der Waals surface area contributed by atoms with Crippen molar-refractivity contribution >= 4 is 11.3 Å². The highest BCUT2D eigenvalue weighted by molar-refractivity contribution is 7.07. The van der Waals surface area contributed by atoms with Gasteiger partial charge in [-0.05, 0) is 24.6 Å². The summed E-state index contributed by atoms with van der Waals surface area (Å²) in [6.07, 6.45) is 0.957. The normalized spacial score (nSPS) is 15.1. The van der Waals surface area contributed by atoms with E-state index in [4.69, 9.17) is 9.47 Å². The minimum Gasteiger partial charge on any atom is -0.486 e. The van der Waals surface area contributed by atoms with Gasteiger partial charge in [-0.15, -0.1) is 11.3 Å². The van der Waals surface area contributed by atoms with Crippen molar-refractivity contribution in [3.63, 3.8) is 0 Å². The molecule has 0 amide bonds. The number of benzene rings is 1. The lowest BCUT2D eigenvalue weighted by Gasteiger charge is -2.21. The molecule has 0 saturated heterocycles. The summed E-state index contributed by atoms with van der Waals surface area (Å²) in [5.74, 6) is 1.69. The van der Waals surface area contributed by atoms with Gasteiger partial charge in [-0.25, -0.2) is 4.98 Å². The average molecular weight is 290 g/mol. The van der Waals surface area contributed by atoms with Crippen LogP contribution in [-0.4, -0.2) is 24.7 Å². The highest BCUT2D eigenvalue weighted by atomic mass is 32.1. The van der Waals surface area contributed by atoms with Crippen LogP contribution in [0.15, 0.2) is 29.1 Å². The number of fused-ring (bicyclic) bond motifs is 1. The molecule has 1 aromatic carbocycles. The lowest BCUT2D eigenvalue weighted by Crippen LogP contribution is -2.22. The Labute approximate surface area is 122 Å². The van der Waals surface area contributed by atoms with Crippen LogP contribution in [0.1, 0.15) is 24.2 Å². The van der Waals surface area contributed by atoms with E-state index in [1.807, 2.05) is 11.6 Å². The van der Waals surface area contributed by atoms with Gasteiger partial charge in [0.25, 0.3) is 0 Å². The minimum atomic E-state index is 0.282. The van der Waals surface area contributed by atoms with Crippen LogP contribution in [0, 0.1) is 0 Å². The van der Waals surface area contributed by atoms with Gasteiger partial charge in [-0.3, -0.25) is 0 Å². The molecular weight excluding hydrogens is 272 g/mol. The molecule has 0 saturated carbocycles. The molecule has 5 heteroatoms. The number of nitrogens with one attached hydrogen (secondary N) is 1. The Balaban J connectivity index is 1.57. The third-order valence-electron chi connectivity index (χ3n) is 3.38. The monoisotopic (exact) mass is 290 g/mol. The fraction of sp³-hybridized carbons (Fsp3) is 0.400. The molecule has 1 aromatic heterocycles. The van der Waals surface area contributed by atoms with E-state index in [9.17, 15) is 0 Å². The van der Waals surface area contributed by atoms with Crippen molar-refractivity contribution in [1.29, 1.82) is 0 Å². The van der Waals surface area contributed by atoms with E-state index in [0.717, 1.165) is 30.2 Å². The largest absolute Gasteiger partial charge is 0.486 e. The molecular formula is C15H18N2O2S. The topological polar surface area (TPSA) is 43.4 Å². The zero-order chi connectivity index (χ0) is 13.8. The van der Waals surface area contributed by atoms with E-state index < -0.39 is 0 Å². The summed E-state index contributed by atoms with van der Waals surface area (Å²) in [6, 6.07) is 6.43. The molecule has 1 aliphatic heterocycles. The summed E-state index contributed by atoms with van der Waals surface area (Å²) < 4.78 is 11.2. The van der Waals surface area contributed by atoms with Gasteiger partial charge in [-0.1, -0.05) is 6.07 Å². The molecule has 1 N–H and O–H groups in total. The molecule has 0 spiro atoms. The van der Waals surface area contributed by atoms with Crippen LogP contribution in [0.4, 0.5) is 0 Å². The summed E-state index contributed by atoms with van der Waals surface area (Å²) in [6.45, 7) is 4.33. The maximum atomic E-state index is 5.62. The van der Waals surface area contributed by atoms with E-state index in [1.165, 1.54) is 5.56 Å². The standard InChI is InChI=1S/C15H18N2O2S/c1-11(16-5-4-13-9-20-10-17-13)12-2-3-14-15(8-12)19-7-6-18-14/h2-3,8-11,16H,4-7H2,1H3. The van der Waals surface area contributed by atoms with Crippen molar-refractivity contribution in [2.24, 2.45) is 0 Å². The number of rotatable bonds is 5. The molecule has 1 atom stereocenters. The predicted octanol–water partition coefficient (Wildman–Crippen LogP) is 2.81. The van der Waals surface area contributed by atoms with Crippen molar-refractivity contribution in [3.05, 3.63) is 40.3 Å². The van der Waals surface area contributed by atoms with Crippen molar-refractivity contribution in [3.8, 4) is 11.5 Å². The highest BCUT2D eigenvalue weighted by Crippen LogP contribution is 2.32. The number of aromatic nitrogens is 1. The van der Waals surface area contributed by atoms with Crippen molar-refractivity contribution in [2.75, 3.05) is 19.8 Å². The summed E-state index contributed by atoms with van der Waals surface area (Å²) >= 11 is 1.64. The first-order valence-corrected chi connectivity index (χ1v) is 7.77. The molecule has 1 aliphatic rings. The summed E-state index contributed by atoms with van der Waals surface area (Å²) in [5.41, 5.74) is 4.24. The van der Waals surface area contributed by atoms with E-state index in [-0.39, 0.29) is 6.04 Å². The highest BCUT2D eigenvalue weighted by Gasteiger charge is 2.14. The van der Waals surface area contributed by atoms with Gasteiger partial charge < -0.3 is 14.8 Å². The van der Waals surface area contributed by atoms with Crippen LogP contribution < -0.4 is 14.8 Å². The van der Waals surface area contributed by atoms with Crippen LogP contribution >= 0.6 is 11.3 Å². The Bertz CT molecular complexity index is 557. The third kappa shape index (κ3) is 3.11. The fourth-order valence-corrected chi connectivity index (χ4v) is 2.82. The van der Waals surface area contributed by atoms with Crippen LogP contribution in [0.5, 0.6) is 11.5 Å². The summed E-state index contributed by atoms with van der Waals surface area (Å²) in [7, 11) is 0. The van der Waals surface area contributed by atoms with Crippen LogP contribution in [0.3, 0.4) is 0 Å². The molecule has 2 heterocycles. The van der Waals surface area contributed by atoms with Crippen LogP contribution in [-0.2, 0) is 6.42 Å². The number of nitrogens with zero attached hydrogens (tertiary/aromatic N) is 1. The van der Waals surface area contributed by atoms with Crippen molar-refractivity contribution in [1.82, 2.24) is 10.3 Å². The molecule has 20 heavy (non-hydrogen) atoms. The Morgan fingerprint density at radius 1 is 1.30 bits per heavy atom. The van der Waals surface area contributed by atoms with Crippen LogP contribution in [0.25, 0.3) is 0 Å². The van der Waals surface area contributed by atoms with Gasteiger partial charge in [0.15, 0.2) is 11.5 Å². The first-order chi connectivity index (χ1) is 9.83. The minimum absolute atomic E-state index is 0.282. The smallest absolute Gasteiger partial charge is 0.161 e. The molecule has 0 fully saturated rings. The first-order valence-electron chi connectivity index (χ1n) is 6.83. The van der Waals surface area contributed by atoms with E-state index in [2.05, 4.69) is 34.7 Å². The molecule has 3 rings (SSSR count). The number of ether oxygens (including phenoxy) is 2. The van der Waals surface area contributed by atoms with Gasteiger partial charge >= 0.3 is 0 Å². The van der Waals surface area contributed by atoms with Crippen LogP contribution in [0.2, 0.25) is 0 Å². The lowest BCUT2D eigenvalue weighted by molar-refractivity contribution is 0.171. The average Bonchev–Trinajstić information content (AvgIpc) is 3.00. The molecule has 0 radical (unpaired) electrons. The maximum Gasteiger partial charge on any atom is 0.161 e. The predicted molar refractivity (Wildman–Crippen MR) is 79.7 cm³/mol. The molecule has 4 nitrogen and oxygen atoms in total. The molecule has 2 aromatic rings. The first kappa shape index (κ1) is 13.4. The molecule has 0 bridgehead atoms. The number of hydrogen-bond acceptors (Lipinski definition) is 5. The molecule has 1 unspecified atom stereocenters. The second kappa shape index (κ2) is 6.24. The second-order valence-electron chi connectivity index (χ2n) is 4.81. The lowest BCUT2D eigenvalue weighted by atomic mass is 10.1. The van der Waals surface area contributed by atoms with Crippen molar-refractivity contribution in [2.45, 2.75) is 19.4 Å². The maximum absolute atomic E-state index is 5.62. The summed E-state index contributed by atoms with van der Waals surface area (Å²) in [4.78, 5) is 4.29. The second-order valence-corrected chi connectivity index (χ2v) is 5.53. The SMILES string of the molecule is CC(NCCc1cscn1)c1ccc2c(c1)OCCO2. The van der Waals surface area contributed by atoms with Crippen molar-refractivity contribution < 1.29 is 9.47 Å². The Morgan fingerprint density at radius 3 is 2.95 bits per heavy atom. The molecule has 0 aliphatic carbocycles. The zero-order valence-electron chi connectivity index (χ0n) is 11.5. The van der Waals surface area contributed by atoms with Gasteiger partial charge in [0.2, 0.25) is 0 Å². The third-order valence-corrected chi connectivity index (χ3v) is 4.02. The van der Waals surface area contributed by atoms with Gasteiger partial charge in [0.05, 0.1) is 11.2 Å². The van der Waals surface area contributed by atoms with Gasteiger partial charge in [-0.2, -0.15) is 0 Å². The van der Waals surface area contributed by atoms with E-state index in [0.29, 0.717) is 13.2 Å². The Morgan fingerprint density at radius 2 is 2.15 bits per heavy atom. The van der Waals surface area contributed by atoms with Gasteiger partial charge in [0, 0.05) is 24.4 Å². The molecule has 106 valence electrons. The van der Waals surface area contributed by atoms with E-state index in [1.54, 1.807) is 11.3 Å². The zero-order valence-corrected chi connectivity index (χ0v) is 12.3. The Kier molecular flexibility index (Phi) is 4.18. The van der Waals surface area contributed by atoms with Gasteiger partial charge in [0.1, 0.15) is 13.2 Å². The Hall–Kier alpha value is -1.59. The quantitative estimate of drug-likeness (QED) is 0.919. The number of hydrogen-bond donors (Lipinski definition) is 1. The fourth-order valence-electron chi connectivity index (χ4n) is 2.22. The summed E-state index contributed by atoms with van der Waals surface area (Å²) in [5, 5.41) is 5.61.